The number of benzene rings is 2. The molecule has 2 aromatic carbocycles. The maximum atomic E-state index is 12.3. The Labute approximate surface area is 127 Å². The van der Waals surface area contributed by atoms with E-state index >= 15 is 0 Å². The van der Waals surface area contributed by atoms with E-state index in [1.165, 1.54) is 18.2 Å². The number of ether oxygens (including phenoxy) is 1. The number of H-pyrrole nitrogens is 2. The normalized spacial score (nSPS) is 12.1. The van der Waals surface area contributed by atoms with Gasteiger partial charge in [0.25, 0.3) is 0 Å². The number of aromatic nitrogens is 4. The van der Waals surface area contributed by atoms with Crippen LogP contribution in [0.2, 0.25) is 0 Å². The van der Waals surface area contributed by atoms with Crippen LogP contribution in [0.5, 0.6) is 5.75 Å². The van der Waals surface area contributed by atoms with Crippen LogP contribution in [0.15, 0.2) is 42.6 Å². The van der Waals surface area contributed by atoms with Crippen molar-refractivity contribution < 1.29 is 17.9 Å². The zero-order chi connectivity index (χ0) is 16.0. The predicted molar refractivity (Wildman–Crippen MR) is 77.9 cm³/mol. The largest absolute Gasteiger partial charge is 0.573 e. The molecule has 5 nitrogen and oxygen atoms in total. The van der Waals surface area contributed by atoms with Crippen molar-refractivity contribution in [3.63, 3.8) is 0 Å². The fraction of sp³-hybridized carbons (Fsp3) is 0.0667. The molecule has 4 rings (SSSR count). The van der Waals surface area contributed by atoms with E-state index in [-0.39, 0.29) is 5.75 Å². The minimum atomic E-state index is -4.73. The van der Waals surface area contributed by atoms with E-state index in [0.717, 1.165) is 10.9 Å². The summed E-state index contributed by atoms with van der Waals surface area (Å²) in [6.07, 6.45) is -2.94. The molecule has 2 N–H and O–H groups in total. The molecular weight excluding hydrogens is 309 g/mol. The van der Waals surface area contributed by atoms with Crippen molar-refractivity contribution in [3.05, 3.63) is 42.6 Å². The lowest BCUT2D eigenvalue weighted by atomic mass is 10.2. The van der Waals surface area contributed by atoms with Gasteiger partial charge in [0.1, 0.15) is 5.75 Å². The number of halogens is 3. The molecule has 0 atom stereocenters. The first-order chi connectivity index (χ1) is 11.0. The van der Waals surface area contributed by atoms with Gasteiger partial charge >= 0.3 is 6.36 Å². The summed E-state index contributed by atoms with van der Waals surface area (Å²) < 4.78 is 40.8. The van der Waals surface area contributed by atoms with Crippen LogP contribution in [-0.4, -0.2) is 26.5 Å². The van der Waals surface area contributed by atoms with Crippen molar-refractivity contribution in [2.45, 2.75) is 6.36 Å². The molecule has 0 spiro atoms. The number of fused-ring (bicyclic) bond motifs is 2. The third-order valence-corrected chi connectivity index (χ3v) is 3.36. The molecule has 23 heavy (non-hydrogen) atoms. The van der Waals surface area contributed by atoms with E-state index in [4.69, 9.17) is 0 Å². The molecule has 0 radical (unpaired) electrons. The number of alkyl halides is 3. The molecule has 0 bridgehead atoms. The van der Waals surface area contributed by atoms with E-state index in [9.17, 15) is 13.2 Å². The predicted octanol–water partition coefficient (Wildman–Crippen LogP) is 4.00. The summed E-state index contributed by atoms with van der Waals surface area (Å²) in [5.74, 6) is 0.0507. The summed E-state index contributed by atoms with van der Waals surface area (Å²) >= 11 is 0. The van der Waals surface area contributed by atoms with Crippen molar-refractivity contribution >= 4 is 21.9 Å². The maximum Gasteiger partial charge on any atom is 0.573 e. The van der Waals surface area contributed by atoms with Gasteiger partial charge in [0.15, 0.2) is 5.82 Å². The van der Waals surface area contributed by atoms with Crippen LogP contribution in [-0.2, 0) is 0 Å². The lowest BCUT2D eigenvalue weighted by molar-refractivity contribution is -0.274. The van der Waals surface area contributed by atoms with Gasteiger partial charge in [0.05, 0.1) is 16.6 Å². The minimum absolute atomic E-state index is 0.300. The van der Waals surface area contributed by atoms with Gasteiger partial charge in [-0.2, -0.15) is 0 Å². The van der Waals surface area contributed by atoms with Crippen LogP contribution in [0.4, 0.5) is 13.2 Å². The first-order valence-electron chi connectivity index (χ1n) is 6.67. The average molecular weight is 318 g/mol. The fourth-order valence-electron chi connectivity index (χ4n) is 2.41. The Bertz CT molecular complexity index is 955. The second kappa shape index (κ2) is 4.73. The van der Waals surface area contributed by atoms with Gasteiger partial charge in [-0.25, -0.2) is 9.97 Å². The smallest absolute Gasteiger partial charge is 0.406 e. The van der Waals surface area contributed by atoms with Crippen molar-refractivity contribution in [2.24, 2.45) is 0 Å². The van der Waals surface area contributed by atoms with Gasteiger partial charge < -0.3 is 14.9 Å². The molecule has 0 saturated heterocycles. The number of rotatable bonds is 2. The second-order valence-electron chi connectivity index (χ2n) is 4.96. The number of nitrogens with zero attached hydrogens (tertiary/aromatic N) is 2. The van der Waals surface area contributed by atoms with Crippen LogP contribution in [0.3, 0.4) is 0 Å². The third-order valence-electron chi connectivity index (χ3n) is 3.36. The van der Waals surface area contributed by atoms with Crippen molar-refractivity contribution in [2.75, 3.05) is 0 Å². The summed E-state index contributed by atoms with van der Waals surface area (Å²) in [6, 6.07) is 9.28. The molecular formula is C15H9F3N4O. The van der Waals surface area contributed by atoms with Crippen molar-refractivity contribution in [1.29, 1.82) is 0 Å². The number of nitrogens with one attached hydrogen (secondary N) is 2. The number of aromatic amines is 2. The van der Waals surface area contributed by atoms with E-state index in [1.54, 1.807) is 12.3 Å². The molecule has 0 amide bonds. The summed E-state index contributed by atoms with van der Waals surface area (Å²) in [7, 11) is 0. The van der Waals surface area contributed by atoms with Gasteiger partial charge in [-0.15, -0.1) is 13.2 Å². The van der Waals surface area contributed by atoms with Gasteiger partial charge in [0, 0.05) is 17.1 Å². The topological polar surface area (TPSA) is 66.6 Å². The lowest BCUT2D eigenvalue weighted by Crippen LogP contribution is -2.17. The molecule has 2 heterocycles. The van der Waals surface area contributed by atoms with Crippen molar-refractivity contribution in [1.82, 2.24) is 20.2 Å². The van der Waals surface area contributed by atoms with Crippen LogP contribution < -0.4 is 4.74 Å². The Kier molecular flexibility index (Phi) is 2.80. The third kappa shape index (κ3) is 2.59. The first-order valence-corrected chi connectivity index (χ1v) is 6.67. The molecule has 0 aliphatic heterocycles. The van der Waals surface area contributed by atoms with Gasteiger partial charge in [-0.05, 0) is 24.3 Å². The highest BCUT2D eigenvalue weighted by molar-refractivity contribution is 5.93. The Morgan fingerprint density at radius 1 is 1.00 bits per heavy atom. The highest BCUT2D eigenvalue weighted by atomic mass is 19.4. The molecule has 116 valence electrons. The highest BCUT2D eigenvalue weighted by Crippen LogP contribution is 2.28. The molecule has 0 aliphatic carbocycles. The zero-order valence-electron chi connectivity index (χ0n) is 11.5. The lowest BCUT2D eigenvalue weighted by Gasteiger charge is -2.08. The molecule has 4 aromatic rings. The van der Waals surface area contributed by atoms with E-state index < -0.39 is 6.36 Å². The molecule has 0 fully saturated rings. The van der Waals surface area contributed by atoms with Crippen LogP contribution in [0, 0.1) is 0 Å². The van der Waals surface area contributed by atoms with Gasteiger partial charge in [0.2, 0.25) is 0 Å². The molecule has 2 aromatic heterocycles. The van der Waals surface area contributed by atoms with Gasteiger partial charge in [-0.1, -0.05) is 12.1 Å². The highest BCUT2D eigenvalue weighted by Gasteiger charge is 2.31. The Morgan fingerprint density at radius 2 is 1.78 bits per heavy atom. The van der Waals surface area contributed by atoms with Crippen LogP contribution in [0.25, 0.3) is 33.3 Å². The average Bonchev–Trinajstić information content (AvgIpc) is 3.08. The number of hydrogen-bond donors (Lipinski definition) is 2. The van der Waals surface area contributed by atoms with E-state index in [1.807, 2.05) is 12.1 Å². The molecule has 0 saturated carbocycles. The maximum absolute atomic E-state index is 12.3. The van der Waals surface area contributed by atoms with Crippen LogP contribution >= 0.6 is 0 Å². The zero-order valence-corrected chi connectivity index (χ0v) is 11.5. The molecule has 0 aliphatic rings. The molecule has 0 unspecified atom stereocenters. The quantitative estimate of drug-likeness (QED) is 0.587. The summed E-state index contributed by atoms with van der Waals surface area (Å²) in [6.45, 7) is 0. The fourth-order valence-corrected chi connectivity index (χ4v) is 2.41. The monoisotopic (exact) mass is 318 g/mol. The minimum Gasteiger partial charge on any atom is -0.406 e. The Morgan fingerprint density at radius 3 is 2.57 bits per heavy atom. The van der Waals surface area contributed by atoms with Crippen LogP contribution in [0.1, 0.15) is 0 Å². The summed E-state index contributed by atoms with van der Waals surface area (Å²) in [5.41, 5.74) is 2.66. The van der Waals surface area contributed by atoms with E-state index in [2.05, 4.69) is 24.9 Å². The SMILES string of the molecule is FC(F)(F)Oc1cccc(-c2nc3cc4c[nH][nH]c4cc3n2)c1. The van der Waals surface area contributed by atoms with Gasteiger partial charge in [-0.3, -0.25) is 0 Å². The number of imidazole rings is 1. The van der Waals surface area contributed by atoms with E-state index in [0.29, 0.717) is 22.4 Å². The summed E-state index contributed by atoms with van der Waals surface area (Å²) in [4.78, 5) is 8.74. The number of hydrogen-bond acceptors (Lipinski definition) is 3. The Balaban J connectivity index is 1.77. The standard InChI is InChI=1S/C15H9F3N4O/c16-15(17,18)23-10-3-1-2-8(4-10)14-20-12-5-9-7-19-22-11(9)6-13(12)21-14/h1-7,19,22H. The second-order valence-corrected chi connectivity index (χ2v) is 4.96. The summed E-state index contributed by atoms with van der Waals surface area (Å²) in [5, 5.41) is 6.77. The first kappa shape index (κ1) is 13.6. The molecule has 8 heteroatoms. The Hall–Kier alpha value is -3.03. The van der Waals surface area contributed by atoms with Crippen molar-refractivity contribution in [3.8, 4) is 17.1 Å².